The molecule has 6 heteroatoms. The smallest absolute Gasteiger partial charge is 0.320 e. The molecule has 2 aliphatic rings. The third-order valence-electron chi connectivity index (χ3n) is 5.20. The maximum absolute atomic E-state index is 12.6. The van der Waals surface area contributed by atoms with Crippen LogP contribution in [0.25, 0.3) is 0 Å². The van der Waals surface area contributed by atoms with Gasteiger partial charge in [-0.05, 0) is 44.2 Å². The molecule has 0 saturated heterocycles. The van der Waals surface area contributed by atoms with Crippen LogP contribution in [0.4, 0.5) is 0 Å². The second kappa shape index (κ2) is 7.35. The van der Waals surface area contributed by atoms with E-state index in [0.717, 1.165) is 19.3 Å². The number of benzene rings is 1. The zero-order valence-corrected chi connectivity index (χ0v) is 14.4. The van der Waals surface area contributed by atoms with E-state index in [-0.39, 0.29) is 23.9 Å². The fourth-order valence-electron chi connectivity index (χ4n) is 3.89. The van der Waals surface area contributed by atoms with Gasteiger partial charge in [0.2, 0.25) is 0 Å². The van der Waals surface area contributed by atoms with E-state index in [0.29, 0.717) is 30.4 Å². The molecule has 0 bridgehead atoms. The average Bonchev–Trinajstić information content (AvgIpc) is 2.87. The van der Waals surface area contributed by atoms with Crippen LogP contribution in [0.3, 0.4) is 0 Å². The SMILES string of the molecule is CCCC(NC1CCC(N2C(=O)c3ccccc3C2=O)CC1)C(=O)O. The lowest BCUT2D eigenvalue weighted by Gasteiger charge is -2.34. The normalized spacial score (nSPS) is 24.3. The van der Waals surface area contributed by atoms with Gasteiger partial charge in [0, 0.05) is 12.1 Å². The van der Waals surface area contributed by atoms with E-state index in [1.165, 1.54) is 4.90 Å². The van der Waals surface area contributed by atoms with E-state index < -0.39 is 12.0 Å². The summed E-state index contributed by atoms with van der Waals surface area (Å²) in [5, 5.41) is 12.5. The Morgan fingerprint density at radius 1 is 1.16 bits per heavy atom. The monoisotopic (exact) mass is 344 g/mol. The quantitative estimate of drug-likeness (QED) is 0.774. The molecule has 1 aliphatic carbocycles. The predicted molar refractivity (Wildman–Crippen MR) is 92.5 cm³/mol. The highest BCUT2D eigenvalue weighted by Crippen LogP contribution is 2.31. The van der Waals surface area contributed by atoms with Crippen molar-refractivity contribution in [3.05, 3.63) is 35.4 Å². The summed E-state index contributed by atoms with van der Waals surface area (Å²) in [6, 6.07) is 6.45. The van der Waals surface area contributed by atoms with Crippen LogP contribution in [0.5, 0.6) is 0 Å². The van der Waals surface area contributed by atoms with Crippen molar-refractivity contribution in [2.24, 2.45) is 0 Å². The summed E-state index contributed by atoms with van der Waals surface area (Å²) in [6.07, 6.45) is 4.38. The number of nitrogens with zero attached hydrogens (tertiary/aromatic N) is 1. The van der Waals surface area contributed by atoms with E-state index >= 15 is 0 Å². The molecule has 2 N–H and O–H groups in total. The first kappa shape index (κ1) is 17.6. The second-order valence-corrected chi connectivity index (χ2v) is 6.88. The fraction of sp³-hybridized carbons (Fsp3) is 0.526. The second-order valence-electron chi connectivity index (χ2n) is 6.88. The summed E-state index contributed by atoms with van der Waals surface area (Å²) < 4.78 is 0. The van der Waals surface area contributed by atoms with Crippen molar-refractivity contribution in [2.45, 2.75) is 63.6 Å². The highest BCUT2D eigenvalue weighted by atomic mass is 16.4. The Morgan fingerprint density at radius 2 is 1.72 bits per heavy atom. The number of carboxylic acid groups (broad SMARTS) is 1. The van der Waals surface area contributed by atoms with Crippen molar-refractivity contribution in [3.63, 3.8) is 0 Å². The number of nitrogens with one attached hydrogen (secondary N) is 1. The van der Waals surface area contributed by atoms with Crippen LogP contribution < -0.4 is 5.32 Å². The van der Waals surface area contributed by atoms with E-state index in [4.69, 9.17) is 0 Å². The lowest BCUT2D eigenvalue weighted by molar-refractivity contribution is -0.140. The van der Waals surface area contributed by atoms with Crippen molar-refractivity contribution >= 4 is 17.8 Å². The van der Waals surface area contributed by atoms with Gasteiger partial charge in [-0.3, -0.25) is 19.3 Å². The number of carbonyl (C=O) groups excluding carboxylic acids is 2. The highest BCUT2D eigenvalue weighted by Gasteiger charge is 2.41. The Hall–Kier alpha value is -2.21. The van der Waals surface area contributed by atoms with E-state index in [9.17, 15) is 19.5 Å². The van der Waals surface area contributed by atoms with Gasteiger partial charge in [0.15, 0.2) is 0 Å². The summed E-state index contributed by atoms with van der Waals surface area (Å²) >= 11 is 0. The molecule has 1 saturated carbocycles. The number of fused-ring (bicyclic) bond motifs is 1. The number of hydrogen-bond donors (Lipinski definition) is 2. The number of aliphatic carboxylic acids is 1. The van der Waals surface area contributed by atoms with Crippen molar-refractivity contribution in [2.75, 3.05) is 0 Å². The van der Waals surface area contributed by atoms with Gasteiger partial charge in [-0.2, -0.15) is 0 Å². The number of hydrogen-bond acceptors (Lipinski definition) is 4. The molecule has 2 amide bonds. The molecule has 1 aliphatic heterocycles. The Balaban J connectivity index is 1.61. The summed E-state index contributed by atoms with van der Waals surface area (Å²) in [5.74, 6) is -1.22. The van der Waals surface area contributed by atoms with Crippen LogP contribution in [0.1, 0.15) is 66.2 Å². The first-order valence-corrected chi connectivity index (χ1v) is 8.98. The molecule has 0 spiro atoms. The molecule has 25 heavy (non-hydrogen) atoms. The van der Waals surface area contributed by atoms with Gasteiger partial charge in [0.05, 0.1) is 11.1 Å². The highest BCUT2D eigenvalue weighted by molar-refractivity contribution is 6.21. The Labute approximate surface area is 147 Å². The van der Waals surface area contributed by atoms with Crippen LogP contribution in [0.2, 0.25) is 0 Å². The van der Waals surface area contributed by atoms with Gasteiger partial charge in [-0.15, -0.1) is 0 Å². The molecule has 1 fully saturated rings. The van der Waals surface area contributed by atoms with Gasteiger partial charge < -0.3 is 10.4 Å². The molecule has 0 radical (unpaired) electrons. The third-order valence-corrected chi connectivity index (χ3v) is 5.20. The molecule has 1 aromatic carbocycles. The largest absolute Gasteiger partial charge is 0.480 e. The van der Waals surface area contributed by atoms with Crippen molar-refractivity contribution in [1.29, 1.82) is 0 Å². The minimum atomic E-state index is -0.815. The van der Waals surface area contributed by atoms with Crippen molar-refractivity contribution in [1.82, 2.24) is 10.2 Å². The summed E-state index contributed by atoms with van der Waals surface area (Å²) in [4.78, 5) is 37.8. The number of carboxylic acids is 1. The third kappa shape index (κ3) is 3.44. The molecule has 134 valence electrons. The standard InChI is InChI=1S/C19H24N2O4/c1-2-5-16(19(24)25)20-12-8-10-13(11-9-12)21-17(22)14-6-3-4-7-15(14)18(21)23/h3-4,6-7,12-13,16,20H,2,5,8-11H2,1H3,(H,24,25). The number of rotatable bonds is 6. The molecular formula is C19H24N2O4. The fourth-order valence-corrected chi connectivity index (χ4v) is 3.89. The molecule has 6 nitrogen and oxygen atoms in total. The number of carbonyl (C=O) groups is 3. The van der Waals surface area contributed by atoms with Crippen LogP contribution in [-0.2, 0) is 4.79 Å². The number of imide groups is 1. The molecule has 0 aromatic heterocycles. The van der Waals surface area contributed by atoms with Gasteiger partial charge in [-0.1, -0.05) is 25.5 Å². The number of amides is 2. The minimum absolute atomic E-state index is 0.0973. The maximum Gasteiger partial charge on any atom is 0.320 e. The molecule has 1 unspecified atom stereocenters. The molecule has 1 heterocycles. The first-order valence-electron chi connectivity index (χ1n) is 8.98. The molecule has 1 aromatic rings. The van der Waals surface area contributed by atoms with Crippen LogP contribution in [0.15, 0.2) is 24.3 Å². The Bertz CT molecular complexity index is 645. The summed E-state index contributed by atoms with van der Waals surface area (Å²) in [7, 11) is 0. The van der Waals surface area contributed by atoms with Crippen LogP contribution in [0, 0.1) is 0 Å². The predicted octanol–water partition coefficient (Wildman–Crippen LogP) is 2.44. The van der Waals surface area contributed by atoms with E-state index in [1.807, 2.05) is 6.92 Å². The Morgan fingerprint density at radius 3 is 2.20 bits per heavy atom. The maximum atomic E-state index is 12.6. The van der Waals surface area contributed by atoms with Crippen molar-refractivity contribution in [3.8, 4) is 0 Å². The van der Waals surface area contributed by atoms with Gasteiger partial charge in [-0.25, -0.2) is 0 Å². The van der Waals surface area contributed by atoms with Crippen molar-refractivity contribution < 1.29 is 19.5 Å². The van der Waals surface area contributed by atoms with E-state index in [2.05, 4.69) is 5.32 Å². The zero-order chi connectivity index (χ0) is 18.0. The van der Waals surface area contributed by atoms with Crippen LogP contribution >= 0.6 is 0 Å². The molecule has 3 rings (SSSR count). The topological polar surface area (TPSA) is 86.7 Å². The van der Waals surface area contributed by atoms with Gasteiger partial charge in [0.25, 0.3) is 11.8 Å². The van der Waals surface area contributed by atoms with Gasteiger partial charge in [0.1, 0.15) is 6.04 Å². The van der Waals surface area contributed by atoms with Crippen LogP contribution in [-0.4, -0.2) is 45.9 Å². The first-order chi connectivity index (χ1) is 12.0. The molecular weight excluding hydrogens is 320 g/mol. The lowest BCUT2D eigenvalue weighted by atomic mass is 9.89. The zero-order valence-electron chi connectivity index (χ0n) is 14.4. The summed E-state index contributed by atoms with van der Waals surface area (Å²) in [5.41, 5.74) is 0.975. The lowest BCUT2D eigenvalue weighted by Crippen LogP contribution is -2.48. The Kier molecular flexibility index (Phi) is 5.18. The molecule has 1 atom stereocenters. The van der Waals surface area contributed by atoms with Gasteiger partial charge >= 0.3 is 5.97 Å². The summed E-state index contributed by atoms with van der Waals surface area (Å²) in [6.45, 7) is 1.97. The van der Waals surface area contributed by atoms with E-state index in [1.54, 1.807) is 24.3 Å². The average molecular weight is 344 g/mol. The minimum Gasteiger partial charge on any atom is -0.480 e.